The second-order valence-electron chi connectivity index (χ2n) is 6.70. The predicted octanol–water partition coefficient (Wildman–Crippen LogP) is 3.22. The maximum absolute atomic E-state index is 11.7. The summed E-state index contributed by atoms with van der Waals surface area (Å²) in [4.78, 5) is 11.7. The van der Waals surface area contributed by atoms with Gasteiger partial charge in [0.15, 0.2) is 0 Å². The molecule has 130 valence electrons. The highest BCUT2D eigenvalue weighted by Gasteiger charge is 2.18. The highest BCUT2D eigenvalue weighted by molar-refractivity contribution is 5.68. The number of nitrogens with one attached hydrogen (secondary N) is 1. The summed E-state index contributed by atoms with van der Waals surface area (Å²) >= 11 is 0. The van der Waals surface area contributed by atoms with Crippen LogP contribution in [0.3, 0.4) is 0 Å². The van der Waals surface area contributed by atoms with Crippen molar-refractivity contribution in [2.24, 2.45) is 0 Å². The first-order valence-electron chi connectivity index (χ1n) is 8.01. The van der Waals surface area contributed by atoms with E-state index in [9.17, 15) is 4.79 Å². The lowest BCUT2D eigenvalue weighted by Gasteiger charge is -2.21. The quantitative estimate of drug-likeness (QED) is 0.882. The van der Waals surface area contributed by atoms with Gasteiger partial charge < -0.3 is 14.8 Å². The number of nitrogens with zero attached hydrogens (tertiary/aromatic N) is 2. The molecular formula is C18H25N3O3. The second-order valence-corrected chi connectivity index (χ2v) is 6.70. The van der Waals surface area contributed by atoms with Crippen LogP contribution in [0, 0.1) is 0 Å². The number of carbonyl (C=O) groups excluding carboxylic acids is 1. The van der Waals surface area contributed by atoms with E-state index >= 15 is 0 Å². The SMILES string of the molecule is C[C@@H](COc1ccn(Cc2ccccc2)n1)NC(=O)OC(C)(C)C. The average molecular weight is 331 g/mol. The van der Waals surface area contributed by atoms with Gasteiger partial charge in [-0.2, -0.15) is 0 Å². The standard InChI is InChI=1S/C18H25N3O3/c1-14(19-17(22)24-18(2,3)4)13-23-16-10-11-21(20-16)12-15-8-6-5-7-9-15/h5-11,14H,12-13H2,1-4H3,(H,19,22)/t14-/m0/s1. The highest BCUT2D eigenvalue weighted by atomic mass is 16.6. The molecule has 1 aromatic heterocycles. The van der Waals surface area contributed by atoms with Gasteiger partial charge in [0.1, 0.15) is 12.2 Å². The molecule has 1 amide bonds. The van der Waals surface area contributed by atoms with Crippen molar-refractivity contribution >= 4 is 6.09 Å². The summed E-state index contributed by atoms with van der Waals surface area (Å²) < 4.78 is 12.6. The normalized spacial score (nSPS) is 12.5. The van der Waals surface area contributed by atoms with Crippen LogP contribution in [0.4, 0.5) is 4.79 Å². The zero-order valence-electron chi connectivity index (χ0n) is 14.7. The van der Waals surface area contributed by atoms with Crippen molar-refractivity contribution in [2.75, 3.05) is 6.61 Å². The van der Waals surface area contributed by atoms with Crippen molar-refractivity contribution in [1.82, 2.24) is 15.1 Å². The molecule has 1 heterocycles. The molecule has 0 spiro atoms. The molecule has 0 unspecified atom stereocenters. The minimum Gasteiger partial charge on any atom is -0.474 e. The van der Waals surface area contributed by atoms with Gasteiger partial charge in [0.05, 0.1) is 12.6 Å². The zero-order valence-corrected chi connectivity index (χ0v) is 14.7. The second kappa shape index (κ2) is 7.86. The maximum Gasteiger partial charge on any atom is 0.407 e. The molecule has 2 aromatic rings. The lowest BCUT2D eigenvalue weighted by molar-refractivity contribution is 0.0493. The van der Waals surface area contributed by atoms with Gasteiger partial charge in [-0.15, -0.1) is 5.10 Å². The van der Waals surface area contributed by atoms with Gasteiger partial charge in [-0.05, 0) is 33.3 Å². The average Bonchev–Trinajstić information content (AvgIpc) is 2.91. The van der Waals surface area contributed by atoms with E-state index in [-0.39, 0.29) is 6.04 Å². The Hall–Kier alpha value is -2.50. The Labute approximate surface area is 142 Å². The van der Waals surface area contributed by atoms with E-state index in [1.807, 2.05) is 62.8 Å². The summed E-state index contributed by atoms with van der Waals surface area (Å²) in [6.07, 6.45) is 1.42. The Kier molecular flexibility index (Phi) is 5.84. The molecule has 1 atom stereocenters. The Balaban J connectivity index is 1.77. The number of aromatic nitrogens is 2. The molecule has 0 saturated carbocycles. The molecule has 0 aliphatic heterocycles. The van der Waals surface area contributed by atoms with Crippen LogP contribution in [0.5, 0.6) is 5.88 Å². The first-order chi connectivity index (χ1) is 11.3. The van der Waals surface area contributed by atoms with Crippen LogP contribution in [0.2, 0.25) is 0 Å². The minimum absolute atomic E-state index is 0.181. The Morgan fingerprint density at radius 3 is 2.62 bits per heavy atom. The predicted molar refractivity (Wildman–Crippen MR) is 92.1 cm³/mol. The molecule has 6 nitrogen and oxygen atoms in total. The van der Waals surface area contributed by atoms with Crippen molar-refractivity contribution in [3.63, 3.8) is 0 Å². The van der Waals surface area contributed by atoms with Gasteiger partial charge in [-0.1, -0.05) is 30.3 Å². The number of carbonyl (C=O) groups is 1. The third-order valence-corrected chi connectivity index (χ3v) is 3.05. The van der Waals surface area contributed by atoms with E-state index in [0.717, 1.165) is 0 Å². The van der Waals surface area contributed by atoms with Crippen LogP contribution in [-0.4, -0.2) is 34.1 Å². The van der Waals surface area contributed by atoms with Gasteiger partial charge in [0.2, 0.25) is 5.88 Å². The summed E-state index contributed by atoms with van der Waals surface area (Å²) in [5, 5.41) is 7.10. The topological polar surface area (TPSA) is 65.4 Å². The molecule has 6 heteroatoms. The van der Waals surface area contributed by atoms with Gasteiger partial charge in [0.25, 0.3) is 0 Å². The smallest absolute Gasteiger partial charge is 0.407 e. The molecule has 2 rings (SSSR count). The van der Waals surface area contributed by atoms with Crippen molar-refractivity contribution in [1.29, 1.82) is 0 Å². The van der Waals surface area contributed by atoms with Crippen LogP contribution in [0.1, 0.15) is 33.3 Å². The van der Waals surface area contributed by atoms with Crippen molar-refractivity contribution in [3.8, 4) is 5.88 Å². The van der Waals surface area contributed by atoms with Crippen LogP contribution in [0.25, 0.3) is 0 Å². The molecule has 1 N–H and O–H groups in total. The fraction of sp³-hybridized carbons (Fsp3) is 0.444. The third-order valence-electron chi connectivity index (χ3n) is 3.05. The third kappa shape index (κ3) is 6.32. The van der Waals surface area contributed by atoms with E-state index in [1.165, 1.54) is 5.56 Å². The first-order valence-corrected chi connectivity index (χ1v) is 8.01. The number of amides is 1. The molecule has 0 aliphatic rings. The summed E-state index contributed by atoms with van der Waals surface area (Å²) in [7, 11) is 0. The monoisotopic (exact) mass is 331 g/mol. The number of benzene rings is 1. The van der Waals surface area contributed by atoms with Gasteiger partial charge >= 0.3 is 6.09 Å². The number of ether oxygens (including phenoxy) is 2. The zero-order chi connectivity index (χ0) is 17.6. The van der Waals surface area contributed by atoms with Gasteiger partial charge in [-0.3, -0.25) is 4.68 Å². The van der Waals surface area contributed by atoms with Crippen molar-refractivity contribution in [3.05, 3.63) is 48.2 Å². The maximum atomic E-state index is 11.7. The Bertz CT molecular complexity index is 647. The number of rotatable bonds is 6. The van der Waals surface area contributed by atoms with Gasteiger partial charge in [0, 0.05) is 12.3 Å². The van der Waals surface area contributed by atoms with Crippen molar-refractivity contribution in [2.45, 2.75) is 45.9 Å². The summed E-state index contributed by atoms with van der Waals surface area (Å²) in [5.74, 6) is 0.531. The summed E-state index contributed by atoms with van der Waals surface area (Å²) in [5.41, 5.74) is 0.660. The van der Waals surface area contributed by atoms with E-state index in [1.54, 1.807) is 0 Å². The summed E-state index contributed by atoms with van der Waals surface area (Å²) in [6, 6.07) is 11.7. The number of hydrogen-bond acceptors (Lipinski definition) is 4. The summed E-state index contributed by atoms with van der Waals surface area (Å²) in [6.45, 7) is 8.34. The van der Waals surface area contributed by atoms with Crippen molar-refractivity contribution < 1.29 is 14.3 Å². The molecule has 0 radical (unpaired) electrons. The molecule has 0 saturated heterocycles. The minimum atomic E-state index is -0.513. The van der Waals surface area contributed by atoms with E-state index in [0.29, 0.717) is 19.0 Å². The lowest BCUT2D eigenvalue weighted by atomic mass is 10.2. The van der Waals surface area contributed by atoms with E-state index in [4.69, 9.17) is 9.47 Å². The van der Waals surface area contributed by atoms with E-state index in [2.05, 4.69) is 22.5 Å². The van der Waals surface area contributed by atoms with Crippen LogP contribution < -0.4 is 10.1 Å². The fourth-order valence-electron chi connectivity index (χ4n) is 2.04. The fourth-order valence-corrected chi connectivity index (χ4v) is 2.04. The number of alkyl carbamates (subject to hydrolysis) is 1. The number of hydrogen-bond donors (Lipinski definition) is 1. The molecule has 24 heavy (non-hydrogen) atoms. The molecule has 0 bridgehead atoms. The molecule has 1 aromatic carbocycles. The lowest BCUT2D eigenvalue weighted by Crippen LogP contribution is -2.40. The highest BCUT2D eigenvalue weighted by Crippen LogP contribution is 2.09. The molecule has 0 fully saturated rings. The molecular weight excluding hydrogens is 306 g/mol. The van der Waals surface area contributed by atoms with E-state index < -0.39 is 11.7 Å². The van der Waals surface area contributed by atoms with Crippen LogP contribution in [-0.2, 0) is 11.3 Å². The molecule has 0 aliphatic carbocycles. The van der Waals surface area contributed by atoms with Crippen LogP contribution in [0.15, 0.2) is 42.6 Å². The first kappa shape index (κ1) is 17.8. The Morgan fingerprint density at radius 2 is 1.96 bits per heavy atom. The van der Waals surface area contributed by atoms with Gasteiger partial charge in [-0.25, -0.2) is 4.79 Å². The Morgan fingerprint density at radius 1 is 1.25 bits per heavy atom. The van der Waals surface area contributed by atoms with Crippen LogP contribution >= 0.6 is 0 Å². The largest absolute Gasteiger partial charge is 0.474 e.